The minimum absolute atomic E-state index is 0.118. The molecule has 4 heteroatoms. The monoisotopic (exact) mass is 244 g/mol. The molecule has 0 fully saturated rings. The molecule has 0 heterocycles. The average molecular weight is 244 g/mol. The van der Waals surface area contributed by atoms with Crippen LogP contribution in [-0.4, -0.2) is 37.8 Å². The SMILES string of the molecule is CNCCCC(=O)NCC(CCO)CC(C)C. The minimum atomic E-state index is 0.118. The molecule has 1 unspecified atom stereocenters. The fraction of sp³-hybridized carbons (Fsp3) is 0.923. The van der Waals surface area contributed by atoms with Gasteiger partial charge in [0.15, 0.2) is 0 Å². The third-order valence-electron chi connectivity index (χ3n) is 2.76. The standard InChI is InChI=1S/C13H28N2O2/c1-11(2)9-12(6-8-16)10-15-13(17)5-4-7-14-3/h11-12,14,16H,4-10H2,1-3H3,(H,15,17). The van der Waals surface area contributed by atoms with Gasteiger partial charge in [0, 0.05) is 19.6 Å². The summed E-state index contributed by atoms with van der Waals surface area (Å²) in [5.74, 6) is 1.12. The predicted octanol–water partition coefficient (Wildman–Crippen LogP) is 1.15. The summed E-state index contributed by atoms with van der Waals surface area (Å²) in [7, 11) is 1.89. The molecule has 0 bridgehead atoms. The van der Waals surface area contributed by atoms with Crippen LogP contribution in [-0.2, 0) is 4.79 Å². The van der Waals surface area contributed by atoms with Gasteiger partial charge < -0.3 is 15.7 Å². The zero-order valence-corrected chi connectivity index (χ0v) is 11.5. The van der Waals surface area contributed by atoms with Crippen molar-refractivity contribution in [1.29, 1.82) is 0 Å². The molecular formula is C13H28N2O2. The molecule has 0 saturated carbocycles. The number of aliphatic hydroxyl groups is 1. The van der Waals surface area contributed by atoms with Crippen LogP contribution in [0.15, 0.2) is 0 Å². The fourth-order valence-electron chi connectivity index (χ4n) is 1.92. The molecule has 0 rings (SSSR count). The van der Waals surface area contributed by atoms with Crippen molar-refractivity contribution < 1.29 is 9.90 Å². The molecule has 102 valence electrons. The van der Waals surface area contributed by atoms with Crippen molar-refractivity contribution in [2.24, 2.45) is 11.8 Å². The predicted molar refractivity (Wildman–Crippen MR) is 70.8 cm³/mol. The molecule has 0 aromatic carbocycles. The highest BCUT2D eigenvalue weighted by atomic mass is 16.3. The maximum atomic E-state index is 11.5. The molecule has 0 aliphatic rings. The Morgan fingerprint density at radius 3 is 2.59 bits per heavy atom. The zero-order chi connectivity index (χ0) is 13.1. The van der Waals surface area contributed by atoms with Gasteiger partial charge in [0.05, 0.1) is 0 Å². The van der Waals surface area contributed by atoms with E-state index in [2.05, 4.69) is 24.5 Å². The Balaban J connectivity index is 3.74. The normalized spacial score (nSPS) is 12.8. The second-order valence-corrected chi connectivity index (χ2v) is 5.02. The summed E-state index contributed by atoms with van der Waals surface area (Å²) in [6.07, 6.45) is 3.28. The van der Waals surface area contributed by atoms with Crippen LogP contribution in [0.2, 0.25) is 0 Å². The largest absolute Gasteiger partial charge is 0.396 e. The van der Waals surface area contributed by atoms with E-state index in [4.69, 9.17) is 5.11 Å². The van der Waals surface area contributed by atoms with Gasteiger partial charge in [-0.05, 0) is 44.7 Å². The van der Waals surface area contributed by atoms with Crippen LogP contribution in [0.4, 0.5) is 0 Å². The fourth-order valence-corrected chi connectivity index (χ4v) is 1.92. The molecule has 0 aromatic rings. The van der Waals surface area contributed by atoms with E-state index in [0.29, 0.717) is 24.8 Å². The van der Waals surface area contributed by atoms with Gasteiger partial charge in [-0.25, -0.2) is 0 Å². The lowest BCUT2D eigenvalue weighted by atomic mass is 9.94. The Hall–Kier alpha value is -0.610. The second kappa shape index (κ2) is 10.5. The van der Waals surface area contributed by atoms with Crippen LogP contribution in [0.3, 0.4) is 0 Å². The molecule has 0 aliphatic heterocycles. The first-order valence-electron chi connectivity index (χ1n) is 6.62. The molecule has 0 aliphatic carbocycles. The molecule has 0 aromatic heterocycles. The number of amides is 1. The van der Waals surface area contributed by atoms with Crippen molar-refractivity contribution in [3.63, 3.8) is 0 Å². The second-order valence-electron chi connectivity index (χ2n) is 5.02. The lowest BCUT2D eigenvalue weighted by Crippen LogP contribution is -2.30. The third-order valence-corrected chi connectivity index (χ3v) is 2.76. The molecule has 1 atom stereocenters. The maximum Gasteiger partial charge on any atom is 0.220 e. The van der Waals surface area contributed by atoms with Crippen LogP contribution < -0.4 is 10.6 Å². The average Bonchev–Trinajstić information content (AvgIpc) is 2.26. The van der Waals surface area contributed by atoms with E-state index in [1.807, 2.05) is 7.05 Å². The molecule has 0 saturated heterocycles. The smallest absolute Gasteiger partial charge is 0.220 e. The maximum absolute atomic E-state index is 11.5. The Bertz CT molecular complexity index is 196. The Morgan fingerprint density at radius 1 is 1.35 bits per heavy atom. The number of hydrogen-bond donors (Lipinski definition) is 3. The van der Waals surface area contributed by atoms with Crippen LogP contribution >= 0.6 is 0 Å². The highest BCUT2D eigenvalue weighted by Crippen LogP contribution is 2.14. The lowest BCUT2D eigenvalue weighted by Gasteiger charge is -2.18. The third kappa shape index (κ3) is 10.3. The number of hydrogen-bond acceptors (Lipinski definition) is 3. The van der Waals surface area contributed by atoms with E-state index in [9.17, 15) is 4.79 Å². The van der Waals surface area contributed by atoms with E-state index in [0.717, 1.165) is 25.8 Å². The molecule has 1 amide bonds. The number of nitrogens with one attached hydrogen (secondary N) is 2. The van der Waals surface area contributed by atoms with Crippen molar-refractivity contribution >= 4 is 5.91 Å². The lowest BCUT2D eigenvalue weighted by molar-refractivity contribution is -0.121. The van der Waals surface area contributed by atoms with E-state index in [1.54, 1.807) is 0 Å². The summed E-state index contributed by atoms with van der Waals surface area (Å²) < 4.78 is 0. The Morgan fingerprint density at radius 2 is 2.06 bits per heavy atom. The Kier molecular flexibility index (Phi) is 10.2. The first-order chi connectivity index (χ1) is 8.10. The highest BCUT2D eigenvalue weighted by Gasteiger charge is 2.11. The summed E-state index contributed by atoms with van der Waals surface area (Å²) in [6.45, 7) is 6.10. The van der Waals surface area contributed by atoms with E-state index in [-0.39, 0.29) is 12.5 Å². The first kappa shape index (κ1) is 16.4. The quantitative estimate of drug-likeness (QED) is 0.505. The van der Waals surface area contributed by atoms with Gasteiger partial charge in [0.25, 0.3) is 0 Å². The van der Waals surface area contributed by atoms with E-state index in [1.165, 1.54) is 0 Å². The molecule has 17 heavy (non-hydrogen) atoms. The molecular weight excluding hydrogens is 216 g/mol. The van der Waals surface area contributed by atoms with Gasteiger partial charge >= 0.3 is 0 Å². The summed E-state index contributed by atoms with van der Waals surface area (Å²) in [6, 6.07) is 0. The van der Waals surface area contributed by atoms with E-state index >= 15 is 0 Å². The van der Waals surface area contributed by atoms with Gasteiger partial charge in [-0.1, -0.05) is 13.8 Å². The molecule has 0 radical (unpaired) electrons. The van der Waals surface area contributed by atoms with Gasteiger partial charge in [-0.2, -0.15) is 0 Å². The summed E-state index contributed by atoms with van der Waals surface area (Å²) in [5, 5.41) is 14.9. The van der Waals surface area contributed by atoms with Crippen molar-refractivity contribution in [1.82, 2.24) is 10.6 Å². The minimum Gasteiger partial charge on any atom is -0.396 e. The van der Waals surface area contributed by atoms with Crippen LogP contribution in [0.5, 0.6) is 0 Å². The Labute approximate surface area is 105 Å². The molecule has 3 N–H and O–H groups in total. The van der Waals surface area contributed by atoms with Gasteiger partial charge in [-0.3, -0.25) is 4.79 Å². The summed E-state index contributed by atoms with van der Waals surface area (Å²) >= 11 is 0. The van der Waals surface area contributed by atoms with Gasteiger partial charge in [-0.15, -0.1) is 0 Å². The van der Waals surface area contributed by atoms with Crippen LogP contribution in [0.25, 0.3) is 0 Å². The van der Waals surface area contributed by atoms with Crippen molar-refractivity contribution in [2.45, 2.75) is 39.5 Å². The highest BCUT2D eigenvalue weighted by molar-refractivity contribution is 5.75. The van der Waals surface area contributed by atoms with Gasteiger partial charge in [0.1, 0.15) is 0 Å². The summed E-state index contributed by atoms with van der Waals surface area (Å²) in [4.78, 5) is 11.5. The summed E-state index contributed by atoms with van der Waals surface area (Å²) in [5.41, 5.74) is 0. The topological polar surface area (TPSA) is 61.4 Å². The van der Waals surface area contributed by atoms with Crippen LogP contribution in [0, 0.1) is 11.8 Å². The van der Waals surface area contributed by atoms with Crippen molar-refractivity contribution in [3.8, 4) is 0 Å². The van der Waals surface area contributed by atoms with Crippen molar-refractivity contribution in [2.75, 3.05) is 26.7 Å². The molecule has 0 spiro atoms. The van der Waals surface area contributed by atoms with E-state index < -0.39 is 0 Å². The molecule has 4 nitrogen and oxygen atoms in total. The first-order valence-corrected chi connectivity index (χ1v) is 6.62. The number of carbonyl (C=O) groups is 1. The number of aliphatic hydroxyl groups excluding tert-OH is 1. The number of rotatable bonds is 10. The van der Waals surface area contributed by atoms with Crippen molar-refractivity contribution in [3.05, 3.63) is 0 Å². The van der Waals surface area contributed by atoms with Crippen LogP contribution in [0.1, 0.15) is 39.5 Å². The number of carbonyl (C=O) groups excluding carboxylic acids is 1. The van der Waals surface area contributed by atoms with Gasteiger partial charge in [0.2, 0.25) is 5.91 Å². The zero-order valence-electron chi connectivity index (χ0n) is 11.5.